The number of hydrogen-bond acceptors (Lipinski definition) is 5. The molecule has 0 bridgehead atoms. The maximum atomic E-state index is 2.35. The summed E-state index contributed by atoms with van der Waals surface area (Å²) in [6.07, 6.45) is 0. The van der Waals surface area contributed by atoms with Crippen LogP contribution in [-0.2, 0) is 0 Å². The van der Waals surface area contributed by atoms with E-state index >= 15 is 0 Å². The molecule has 5 heteroatoms. The highest BCUT2D eigenvalue weighted by molar-refractivity contribution is 7.26. The Balaban J connectivity index is 0.784. The summed E-state index contributed by atoms with van der Waals surface area (Å²) in [7, 11) is 0. The van der Waals surface area contributed by atoms with Crippen LogP contribution in [0.5, 0.6) is 0 Å². The summed E-state index contributed by atoms with van der Waals surface area (Å²) in [5, 5.41) is 5.10. The molecule has 0 amide bonds. The van der Waals surface area contributed by atoms with Gasteiger partial charge in [0.05, 0.1) is 0 Å². The number of hydrogen-bond donors (Lipinski definition) is 0. The summed E-state index contributed by atoms with van der Waals surface area (Å²) >= 11 is 3.72. The summed E-state index contributed by atoms with van der Waals surface area (Å²) in [6.45, 7) is 0. The van der Waals surface area contributed by atoms with E-state index in [1.165, 1.54) is 62.6 Å². The van der Waals surface area contributed by atoms with Crippen molar-refractivity contribution in [1.82, 2.24) is 0 Å². The zero-order chi connectivity index (χ0) is 47.1. The van der Waals surface area contributed by atoms with Crippen LogP contribution in [0.3, 0.4) is 0 Å². The van der Waals surface area contributed by atoms with Crippen molar-refractivity contribution in [2.45, 2.75) is 0 Å². The van der Waals surface area contributed by atoms with Crippen LogP contribution in [0.2, 0.25) is 0 Å². The molecule has 0 radical (unpaired) electrons. The van der Waals surface area contributed by atoms with Crippen LogP contribution in [-0.4, -0.2) is 0 Å². The predicted octanol–water partition coefficient (Wildman–Crippen LogP) is 20.2. The molecule has 0 unspecified atom stereocenters. The molecular weight excluding hydrogens is 899 g/mol. The Morgan fingerprint density at radius 2 is 0.451 bits per heavy atom. The maximum Gasteiger partial charge on any atom is 0.0468 e. The van der Waals surface area contributed by atoms with Gasteiger partial charge in [0.25, 0.3) is 0 Å². The molecule has 0 spiro atoms. The van der Waals surface area contributed by atoms with Gasteiger partial charge in [-0.1, -0.05) is 140 Å². The Bertz CT molecular complexity index is 3640. The first-order valence-electron chi connectivity index (χ1n) is 24.0. The lowest BCUT2D eigenvalue weighted by molar-refractivity contribution is 1.28. The first-order chi connectivity index (χ1) is 35.2. The third-order valence-corrected chi connectivity index (χ3v) is 15.7. The van der Waals surface area contributed by atoms with Crippen molar-refractivity contribution in [3.05, 3.63) is 273 Å². The van der Waals surface area contributed by atoms with Gasteiger partial charge >= 0.3 is 0 Å². The van der Waals surface area contributed by atoms with Gasteiger partial charge in [-0.25, -0.2) is 0 Å². The van der Waals surface area contributed by atoms with E-state index < -0.39 is 0 Å². The number of nitrogens with zero attached hydrogens (tertiary/aromatic N) is 3. The predicted molar refractivity (Wildman–Crippen MR) is 307 cm³/mol. The lowest BCUT2D eigenvalue weighted by atomic mass is 10.0. The fourth-order valence-corrected chi connectivity index (χ4v) is 12.3. The molecule has 336 valence electrons. The molecule has 0 aliphatic rings. The van der Waals surface area contributed by atoms with Gasteiger partial charge in [-0.05, 0) is 156 Å². The topological polar surface area (TPSA) is 9.72 Å². The zero-order valence-corrected chi connectivity index (χ0v) is 40.3. The molecular formula is C66H45N3S2. The summed E-state index contributed by atoms with van der Waals surface area (Å²) in [6, 6.07) is 98.8. The van der Waals surface area contributed by atoms with E-state index in [-0.39, 0.29) is 0 Å². The van der Waals surface area contributed by atoms with Gasteiger partial charge in [-0.15, -0.1) is 22.7 Å². The lowest BCUT2D eigenvalue weighted by Crippen LogP contribution is -2.09. The summed E-state index contributed by atoms with van der Waals surface area (Å²) in [5.74, 6) is 0. The van der Waals surface area contributed by atoms with E-state index in [1.807, 2.05) is 22.7 Å². The van der Waals surface area contributed by atoms with Gasteiger partial charge in [0.1, 0.15) is 0 Å². The van der Waals surface area contributed by atoms with Crippen molar-refractivity contribution in [1.29, 1.82) is 0 Å². The Hall–Kier alpha value is -8.74. The minimum absolute atomic E-state index is 1.11. The van der Waals surface area contributed by atoms with Gasteiger partial charge in [-0.3, -0.25) is 0 Å². The Morgan fingerprint density at radius 1 is 0.183 bits per heavy atom. The highest BCUT2D eigenvalue weighted by atomic mass is 32.1. The molecule has 0 saturated carbocycles. The van der Waals surface area contributed by atoms with Crippen LogP contribution in [0.15, 0.2) is 273 Å². The first kappa shape index (κ1) is 42.4. The van der Waals surface area contributed by atoms with Crippen LogP contribution in [0.4, 0.5) is 51.2 Å². The minimum Gasteiger partial charge on any atom is -0.311 e. The van der Waals surface area contributed by atoms with E-state index in [2.05, 4.69) is 288 Å². The largest absolute Gasteiger partial charge is 0.311 e. The van der Waals surface area contributed by atoms with Crippen LogP contribution in [0, 0.1) is 0 Å². The SMILES string of the molecule is c1ccc(N(c2ccc(-c3ccc4c(c3)sc3ccc(N(c5ccccc5)c5ccccc5)cc34)cc2)c2ccc(-c3ccc4c(c3)sc3ccc(N(c5ccccc5)c5ccccc5)cc34)cc2)cc1. The second-order valence-corrected chi connectivity index (χ2v) is 19.9. The monoisotopic (exact) mass is 943 g/mol. The first-order valence-corrected chi connectivity index (χ1v) is 25.6. The van der Waals surface area contributed by atoms with E-state index in [1.54, 1.807) is 0 Å². The highest BCUT2D eigenvalue weighted by Gasteiger charge is 2.18. The molecule has 0 aliphatic carbocycles. The standard InChI is InChI=1S/C66H45N3S2/c1-6-16-50(17-7-1)67(55-32-26-46(27-33-55)48-30-38-59-61-44-57(36-40-63(61)70-65(59)42-48)68(51-18-8-2-9-19-51)52-20-10-3-11-21-52)56-34-28-47(29-35-56)49-31-39-60-62-45-58(37-41-64(62)71-66(60)43-49)69(53-22-12-4-13-23-53)54-24-14-5-15-25-54/h1-45H. The van der Waals surface area contributed by atoms with Crippen molar-refractivity contribution in [2.24, 2.45) is 0 Å². The van der Waals surface area contributed by atoms with Crippen LogP contribution in [0.25, 0.3) is 62.6 Å². The Morgan fingerprint density at radius 3 is 0.775 bits per heavy atom. The molecule has 71 heavy (non-hydrogen) atoms. The van der Waals surface area contributed by atoms with Gasteiger partial charge in [0.2, 0.25) is 0 Å². The fourth-order valence-electron chi connectivity index (χ4n) is 10.0. The number of benzene rings is 11. The molecule has 0 saturated heterocycles. The van der Waals surface area contributed by atoms with E-state index in [0.717, 1.165) is 51.2 Å². The molecule has 13 rings (SSSR count). The van der Waals surface area contributed by atoms with Gasteiger partial charge < -0.3 is 14.7 Å². The molecule has 11 aromatic carbocycles. The van der Waals surface area contributed by atoms with E-state index in [4.69, 9.17) is 0 Å². The van der Waals surface area contributed by atoms with Crippen LogP contribution in [0.1, 0.15) is 0 Å². The van der Waals surface area contributed by atoms with Gasteiger partial charge in [-0.2, -0.15) is 0 Å². The molecule has 0 N–H and O–H groups in total. The van der Waals surface area contributed by atoms with E-state index in [9.17, 15) is 0 Å². The molecule has 2 aromatic heterocycles. The second kappa shape index (κ2) is 18.3. The number of para-hydroxylation sites is 5. The molecule has 0 atom stereocenters. The molecule has 13 aromatic rings. The summed E-state index contributed by atoms with van der Waals surface area (Å²) < 4.78 is 5.13. The lowest BCUT2D eigenvalue weighted by Gasteiger charge is -2.26. The average molecular weight is 944 g/mol. The normalized spacial score (nSPS) is 11.4. The third-order valence-electron chi connectivity index (χ3n) is 13.4. The van der Waals surface area contributed by atoms with Crippen LogP contribution >= 0.6 is 22.7 Å². The minimum atomic E-state index is 1.11. The van der Waals surface area contributed by atoms with Crippen molar-refractivity contribution in [3.63, 3.8) is 0 Å². The molecule has 3 nitrogen and oxygen atoms in total. The second-order valence-electron chi connectivity index (χ2n) is 17.8. The molecule has 0 aliphatic heterocycles. The molecule has 2 heterocycles. The molecule has 0 fully saturated rings. The zero-order valence-electron chi connectivity index (χ0n) is 38.6. The van der Waals surface area contributed by atoms with Gasteiger partial charge in [0, 0.05) is 91.5 Å². The average Bonchev–Trinajstić information content (AvgIpc) is 4.00. The maximum absolute atomic E-state index is 2.35. The number of thiophene rings is 2. The third kappa shape index (κ3) is 8.07. The summed E-state index contributed by atoms with van der Waals surface area (Å²) in [5.41, 5.74) is 15.0. The highest BCUT2D eigenvalue weighted by Crippen LogP contribution is 2.45. The number of anilines is 9. The van der Waals surface area contributed by atoms with Crippen molar-refractivity contribution in [3.8, 4) is 22.3 Å². The number of fused-ring (bicyclic) bond motifs is 6. The quantitative estimate of drug-likeness (QED) is 0.128. The van der Waals surface area contributed by atoms with E-state index in [0.29, 0.717) is 0 Å². The van der Waals surface area contributed by atoms with Crippen molar-refractivity contribution in [2.75, 3.05) is 14.7 Å². The fraction of sp³-hybridized carbons (Fsp3) is 0. The van der Waals surface area contributed by atoms with Crippen LogP contribution < -0.4 is 14.7 Å². The Kier molecular flexibility index (Phi) is 10.9. The smallest absolute Gasteiger partial charge is 0.0468 e. The Labute approximate surface area is 421 Å². The summed E-state index contributed by atoms with van der Waals surface area (Å²) in [4.78, 5) is 7.01. The van der Waals surface area contributed by atoms with Crippen molar-refractivity contribution < 1.29 is 0 Å². The van der Waals surface area contributed by atoms with Crippen molar-refractivity contribution >= 4 is 114 Å². The number of rotatable bonds is 11. The van der Waals surface area contributed by atoms with Gasteiger partial charge in [0.15, 0.2) is 0 Å².